The number of sulfone groups is 1. The van der Waals surface area contributed by atoms with Crippen LogP contribution in [-0.4, -0.2) is 56.6 Å². The van der Waals surface area contributed by atoms with E-state index in [4.69, 9.17) is 4.42 Å². The number of amides is 1. The van der Waals surface area contributed by atoms with Gasteiger partial charge in [-0.15, -0.1) is 5.10 Å². The van der Waals surface area contributed by atoms with Gasteiger partial charge in [0.1, 0.15) is 0 Å². The summed E-state index contributed by atoms with van der Waals surface area (Å²) in [5.41, 5.74) is 1.35. The zero-order chi connectivity index (χ0) is 24.5. The van der Waals surface area contributed by atoms with Crippen molar-refractivity contribution in [3.8, 4) is 11.5 Å². The molecule has 1 fully saturated rings. The summed E-state index contributed by atoms with van der Waals surface area (Å²) >= 11 is 0. The molecule has 1 N–H and O–H groups in total. The van der Waals surface area contributed by atoms with Crippen LogP contribution in [0.3, 0.4) is 0 Å². The topological polar surface area (TPSA) is 140 Å². The lowest BCUT2D eigenvalue weighted by molar-refractivity contribution is -0.121. The van der Waals surface area contributed by atoms with Crippen molar-refractivity contribution >= 4 is 31.8 Å². The van der Waals surface area contributed by atoms with Crippen molar-refractivity contribution in [2.45, 2.75) is 29.6 Å². The third kappa shape index (κ3) is 5.18. The van der Waals surface area contributed by atoms with Crippen LogP contribution in [0.25, 0.3) is 11.5 Å². The molecule has 1 aliphatic rings. The van der Waals surface area contributed by atoms with E-state index in [1.54, 1.807) is 36.4 Å². The highest BCUT2D eigenvalue weighted by atomic mass is 32.2. The highest BCUT2D eigenvalue weighted by Crippen LogP contribution is 2.26. The minimum Gasteiger partial charge on any atom is -0.403 e. The number of piperidine rings is 1. The molecule has 3 aromatic rings. The van der Waals surface area contributed by atoms with Gasteiger partial charge in [-0.05, 0) is 50.1 Å². The molecule has 4 rings (SSSR count). The SMILES string of the molecule is Cc1ccc(S(=O)(=O)N2CCCC(C(=O)Nc3nnc(-c4cccc(S(C)(=O)=O)c4)o3)C2)cc1. The van der Waals surface area contributed by atoms with Crippen molar-refractivity contribution in [3.05, 3.63) is 54.1 Å². The van der Waals surface area contributed by atoms with Gasteiger partial charge in [-0.3, -0.25) is 10.1 Å². The predicted octanol–water partition coefficient (Wildman–Crippen LogP) is 2.49. The molecule has 1 saturated heterocycles. The molecule has 1 atom stereocenters. The minimum atomic E-state index is -3.71. The molecule has 0 aliphatic carbocycles. The van der Waals surface area contributed by atoms with Crippen LogP contribution in [0.1, 0.15) is 18.4 Å². The fourth-order valence-corrected chi connectivity index (χ4v) is 5.88. The maximum absolute atomic E-state index is 13.0. The maximum atomic E-state index is 13.0. The summed E-state index contributed by atoms with van der Waals surface area (Å²) in [6, 6.07) is 12.5. The zero-order valence-electron chi connectivity index (χ0n) is 18.6. The van der Waals surface area contributed by atoms with Gasteiger partial charge < -0.3 is 4.42 Å². The van der Waals surface area contributed by atoms with Crippen LogP contribution in [-0.2, 0) is 24.7 Å². The molecule has 34 heavy (non-hydrogen) atoms. The van der Waals surface area contributed by atoms with Gasteiger partial charge in [0.2, 0.25) is 21.8 Å². The lowest BCUT2D eigenvalue weighted by Gasteiger charge is -2.30. The third-order valence-corrected chi connectivity index (χ3v) is 8.57. The molecular weight excluding hydrogens is 480 g/mol. The van der Waals surface area contributed by atoms with E-state index in [9.17, 15) is 21.6 Å². The van der Waals surface area contributed by atoms with E-state index in [-0.39, 0.29) is 28.2 Å². The van der Waals surface area contributed by atoms with Crippen molar-refractivity contribution in [1.29, 1.82) is 0 Å². The van der Waals surface area contributed by atoms with Crippen molar-refractivity contribution in [2.24, 2.45) is 5.92 Å². The van der Waals surface area contributed by atoms with E-state index >= 15 is 0 Å². The second-order valence-corrected chi connectivity index (χ2v) is 12.2. The average molecular weight is 505 g/mol. The molecule has 0 bridgehead atoms. The lowest BCUT2D eigenvalue weighted by atomic mass is 9.99. The Kier molecular flexibility index (Phi) is 6.56. The van der Waals surface area contributed by atoms with Crippen LogP contribution in [0.2, 0.25) is 0 Å². The van der Waals surface area contributed by atoms with Gasteiger partial charge in [0.15, 0.2) is 9.84 Å². The Morgan fingerprint density at radius 3 is 2.50 bits per heavy atom. The summed E-state index contributed by atoms with van der Waals surface area (Å²) in [6.45, 7) is 2.25. The molecule has 1 aromatic heterocycles. The number of carbonyl (C=O) groups excluding carboxylic acids is 1. The molecule has 1 unspecified atom stereocenters. The predicted molar refractivity (Wildman–Crippen MR) is 124 cm³/mol. The first-order valence-corrected chi connectivity index (χ1v) is 13.9. The molecule has 0 radical (unpaired) electrons. The first-order chi connectivity index (χ1) is 16.0. The Balaban J connectivity index is 1.45. The van der Waals surface area contributed by atoms with E-state index in [2.05, 4.69) is 15.5 Å². The van der Waals surface area contributed by atoms with Gasteiger partial charge in [0.05, 0.1) is 15.7 Å². The summed E-state index contributed by atoms with van der Waals surface area (Å²) in [7, 11) is -7.13. The summed E-state index contributed by atoms with van der Waals surface area (Å²) < 4.78 is 56.3. The van der Waals surface area contributed by atoms with E-state index in [0.717, 1.165) is 11.8 Å². The molecule has 2 aromatic carbocycles. The Morgan fingerprint density at radius 1 is 1.06 bits per heavy atom. The maximum Gasteiger partial charge on any atom is 0.322 e. The van der Waals surface area contributed by atoms with Gasteiger partial charge in [-0.2, -0.15) is 4.31 Å². The Morgan fingerprint density at radius 2 is 1.79 bits per heavy atom. The van der Waals surface area contributed by atoms with Crippen LogP contribution in [0.4, 0.5) is 6.01 Å². The van der Waals surface area contributed by atoms with Crippen molar-refractivity contribution in [2.75, 3.05) is 24.7 Å². The Bertz CT molecular complexity index is 1420. The quantitative estimate of drug-likeness (QED) is 0.540. The molecule has 12 heteroatoms. The third-order valence-electron chi connectivity index (χ3n) is 5.58. The molecule has 10 nitrogen and oxygen atoms in total. The lowest BCUT2D eigenvalue weighted by Crippen LogP contribution is -2.43. The molecular formula is C22H24N4O6S2. The molecule has 1 aliphatic heterocycles. The van der Waals surface area contributed by atoms with E-state index in [0.29, 0.717) is 24.9 Å². The van der Waals surface area contributed by atoms with Gasteiger partial charge in [-0.1, -0.05) is 28.9 Å². The minimum absolute atomic E-state index is 0.0411. The Labute approximate surface area is 198 Å². The molecule has 180 valence electrons. The summed E-state index contributed by atoms with van der Waals surface area (Å²) in [6.07, 6.45) is 2.15. The van der Waals surface area contributed by atoms with Crippen LogP contribution >= 0.6 is 0 Å². The van der Waals surface area contributed by atoms with Gasteiger partial charge >= 0.3 is 6.01 Å². The van der Waals surface area contributed by atoms with Gasteiger partial charge in [0, 0.05) is 24.9 Å². The van der Waals surface area contributed by atoms with E-state index in [1.165, 1.54) is 16.4 Å². The van der Waals surface area contributed by atoms with E-state index in [1.807, 2.05) is 6.92 Å². The number of nitrogens with one attached hydrogen (secondary N) is 1. The zero-order valence-corrected chi connectivity index (χ0v) is 20.3. The fraction of sp³-hybridized carbons (Fsp3) is 0.318. The number of anilines is 1. The first kappa shape index (κ1) is 24.0. The number of nitrogens with zero attached hydrogens (tertiary/aromatic N) is 3. The standard InChI is InChI=1S/C22H24N4O6S2/c1-15-8-10-18(11-9-15)34(30,31)26-12-4-6-17(14-26)20(27)23-22-25-24-21(32-22)16-5-3-7-19(13-16)33(2,28)29/h3,5,7-11,13,17H,4,6,12,14H2,1-2H3,(H,23,25,27). The van der Waals surface area contributed by atoms with Crippen LogP contribution in [0, 0.1) is 12.8 Å². The number of aromatic nitrogens is 2. The van der Waals surface area contributed by atoms with Crippen molar-refractivity contribution in [3.63, 3.8) is 0 Å². The monoisotopic (exact) mass is 504 g/mol. The van der Waals surface area contributed by atoms with E-state index < -0.39 is 31.7 Å². The van der Waals surface area contributed by atoms with Gasteiger partial charge in [0.25, 0.3) is 0 Å². The second-order valence-electron chi connectivity index (χ2n) is 8.22. The Hall–Kier alpha value is -3.09. The highest BCUT2D eigenvalue weighted by molar-refractivity contribution is 7.90. The normalized spacial score (nSPS) is 17.4. The van der Waals surface area contributed by atoms with Gasteiger partial charge in [-0.25, -0.2) is 16.8 Å². The van der Waals surface area contributed by atoms with Crippen LogP contribution in [0.15, 0.2) is 62.7 Å². The number of benzene rings is 2. The number of hydrogen-bond donors (Lipinski definition) is 1. The first-order valence-electron chi connectivity index (χ1n) is 10.6. The molecule has 0 saturated carbocycles. The number of aryl methyl sites for hydroxylation is 1. The fourth-order valence-electron chi connectivity index (χ4n) is 3.69. The number of hydrogen-bond acceptors (Lipinski definition) is 8. The number of rotatable bonds is 6. The van der Waals surface area contributed by atoms with Crippen LogP contribution < -0.4 is 5.32 Å². The van der Waals surface area contributed by atoms with Crippen molar-refractivity contribution in [1.82, 2.24) is 14.5 Å². The summed E-state index contributed by atoms with van der Waals surface area (Å²) in [5, 5.41) is 10.2. The number of carbonyl (C=O) groups is 1. The largest absolute Gasteiger partial charge is 0.403 e. The summed E-state index contributed by atoms with van der Waals surface area (Å²) in [5.74, 6) is -0.963. The molecule has 1 amide bonds. The highest BCUT2D eigenvalue weighted by Gasteiger charge is 2.33. The van der Waals surface area contributed by atoms with Crippen LogP contribution in [0.5, 0.6) is 0 Å². The number of sulfonamides is 1. The average Bonchev–Trinajstić information content (AvgIpc) is 3.27. The molecule has 2 heterocycles. The second kappa shape index (κ2) is 9.28. The molecule has 0 spiro atoms. The summed E-state index contributed by atoms with van der Waals surface area (Å²) in [4.78, 5) is 13.1. The smallest absolute Gasteiger partial charge is 0.322 e. The van der Waals surface area contributed by atoms with Crippen molar-refractivity contribution < 1.29 is 26.0 Å².